The highest BCUT2D eigenvalue weighted by atomic mass is 32.2. The molecule has 3 rings (SSSR count). The van der Waals surface area contributed by atoms with Crippen LogP contribution in [-0.2, 0) is 16.6 Å². The van der Waals surface area contributed by atoms with E-state index in [2.05, 4.69) is 5.32 Å². The fourth-order valence-corrected chi connectivity index (χ4v) is 4.85. The molecule has 5 nitrogen and oxygen atoms in total. The van der Waals surface area contributed by atoms with Gasteiger partial charge in [0.2, 0.25) is 10.0 Å². The van der Waals surface area contributed by atoms with Crippen LogP contribution in [-0.4, -0.2) is 51.4 Å². The Morgan fingerprint density at radius 1 is 1.19 bits per heavy atom. The minimum Gasteiger partial charge on any atom is -0.313 e. The Morgan fingerprint density at radius 2 is 1.92 bits per heavy atom. The number of hydrogen-bond donors (Lipinski definition) is 1. The highest BCUT2D eigenvalue weighted by Crippen LogP contribution is 2.29. The minimum atomic E-state index is -3.66. The van der Waals surface area contributed by atoms with E-state index in [9.17, 15) is 12.8 Å². The second-order valence-corrected chi connectivity index (χ2v) is 8.66. The largest absolute Gasteiger partial charge is 0.313 e. The van der Waals surface area contributed by atoms with E-state index in [1.807, 2.05) is 31.1 Å². The molecule has 0 bridgehead atoms. The summed E-state index contributed by atoms with van der Waals surface area (Å²) in [4.78, 5) is 2.29. The Bertz CT molecular complexity index is 853. The zero-order valence-corrected chi connectivity index (χ0v) is 15.8. The molecule has 0 saturated carbocycles. The maximum absolute atomic E-state index is 13.6. The van der Waals surface area contributed by atoms with Crippen molar-refractivity contribution in [2.45, 2.75) is 17.5 Å². The first-order chi connectivity index (χ1) is 12.4. The smallest absolute Gasteiger partial charge is 0.243 e. The number of sulfonamides is 1. The molecule has 1 aliphatic heterocycles. The Hall–Kier alpha value is -1.80. The van der Waals surface area contributed by atoms with Gasteiger partial charge in [-0.05, 0) is 49.5 Å². The zero-order chi connectivity index (χ0) is 18.7. The Kier molecular flexibility index (Phi) is 5.72. The number of hydrogen-bond acceptors (Lipinski definition) is 4. The summed E-state index contributed by atoms with van der Waals surface area (Å²) in [7, 11) is 0.274. The van der Waals surface area contributed by atoms with E-state index in [1.54, 1.807) is 24.3 Å². The number of benzene rings is 2. The van der Waals surface area contributed by atoms with Crippen molar-refractivity contribution in [2.24, 2.45) is 0 Å². The van der Waals surface area contributed by atoms with Crippen molar-refractivity contribution < 1.29 is 12.8 Å². The monoisotopic (exact) mass is 377 g/mol. The molecule has 1 fully saturated rings. The topological polar surface area (TPSA) is 52.7 Å². The average molecular weight is 377 g/mol. The summed E-state index contributed by atoms with van der Waals surface area (Å²) in [6, 6.07) is 12.7. The van der Waals surface area contributed by atoms with Crippen LogP contribution in [0.1, 0.15) is 17.2 Å². The van der Waals surface area contributed by atoms with Crippen LogP contribution in [0.15, 0.2) is 53.4 Å². The van der Waals surface area contributed by atoms with Gasteiger partial charge < -0.3 is 10.2 Å². The van der Waals surface area contributed by atoms with E-state index in [0.29, 0.717) is 25.2 Å². The summed E-state index contributed by atoms with van der Waals surface area (Å²) in [6.07, 6.45) is 0. The van der Waals surface area contributed by atoms with Gasteiger partial charge in [0.1, 0.15) is 5.82 Å². The van der Waals surface area contributed by atoms with Gasteiger partial charge in [0.15, 0.2) is 0 Å². The number of halogens is 1. The molecule has 1 aliphatic rings. The summed E-state index contributed by atoms with van der Waals surface area (Å²) >= 11 is 0. The normalized spacial score (nSPS) is 19.0. The van der Waals surface area contributed by atoms with Crippen LogP contribution in [0.25, 0.3) is 0 Å². The second-order valence-electron chi connectivity index (χ2n) is 6.77. The first-order valence-corrected chi connectivity index (χ1v) is 10.0. The molecule has 26 heavy (non-hydrogen) atoms. The fourth-order valence-electron chi connectivity index (χ4n) is 3.24. The molecular weight excluding hydrogens is 353 g/mol. The van der Waals surface area contributed by atoms with Gasteiger partial charge in [-0.3, -0.25) is 0 Å². The standard InChI is InChI=1S/C19H24FN3O2S/c1-22(2)14-15-6-8-18(9-7-15)26(24,25)23-11-10-21-13-19(23)16-4-3-5-17(20)12-16/h3-9,12,19,21H,10-11,13-14H2,1-2H3. The van der Waals surface area contributed by atoms with Gasteiger partial charge in [0.25, 0.3) is 0 Å². The van der Waals surface area contributed by atoms with Crippen molar-refractivity contribution in [2.75, 3.05) is 33.7 Å². The van der Waals surface area contributed by atoms with Gasteiger partial charge in [0, 0.05) is 26.2 Å². The molecule has 7 heteroatoms. The number of piperazine rings is 1. The van der Waals surface area contributed by atoms with E-state index in [1.165, 1.54) is 16.4 Å². The van der Waals surface area contributed by atoms with E-state index in [4.69, 9.17) is 0 Å². The molecule has 2 aromatic rings. The molecule has 1 unspecified atom stereocenters. The Balaban J connectivity index is 1.90. The number of nitrogens with zero attached hydrogens (tertiary/aromatic N) is 2. The first-order valence-electron chi connectivity index (χ1n) is 8.59. The van der Waals surface area contributed by atoms with E-state index >= 15 is 0 Å². The molecule has 0 aliphatic carbocycles. The zero-order valence-electron chi connectivity index (χ0n) is 15.0. The predicted molar refractivity (Wildman–Crippen MR) is 99.7 cm³/mol. The van der Waals surface area contributed by atoms with Gasteiger partial charge >= 0.3 is 0 Å². The first kappa shape index (κ1) is 19.0. The molecule has 0 aromatic heterocycles. The summed E-state index contributed by atoms with van der Waals surface area (Å²) in [5.74, 6) is -0.363. The van der Waals surface area contributed by atoms with Crippen molar-refractivity contribution >= 4 is 10.0 Å². The van der Waals surface area contributed by atoms with Crippen LogP contribution in [0.3, 0.4) is 0 Å². The summed E-state index contributed by atoms with van der Waals surface area (Å²) in [5, 5.41) is 3.20. The quantitative estimate of drug-likeness (QED) is 0.868. The molecule has 0 spiro atoms. The van der Waals surface area contributed by atoms with E-state index in [-0.39, 0.29) is 10.7 Å². The third-order valence-electron chi connectivity index (χ3n) is 4.46. The lowest BCUT2D eigenvalue weighted by Crippen LogP contribution is -2.48. The summed E-state index contributed by atoms with van der Waals surface area (Å²) in [6.45, 7) is 2.13. The van der Waals surface area contributed by atoms with E-state index in [0.717, 1.165) is 12.1 Å². The number of nitrogens with one attached hydrogen (secondary N) is 1. The average Bonchev–Trinajstić information content (AvgIpc) is 2.62. The lowest BCUT2D eigenvalue weighted by Gasteiger charge is -2.35. The van der Waals surface area contributed by atoms with Crippen LogP contribution >= 0.6 is 0 Å². The van der Waals surface area contributed by atoms with Gasteiger partial charge in [-0.1, -0.05) is 24.3 Å². The number of rotatable bonds is 5. The molecule has 1 N–H and O–H groups in total. The third-order valence-corrected chi connectivity index (χ3v) is 6.38. The minimum absolute atomic E-state index is 0.267. The lowest BCUT2D eigenvalue weighted by molar-refractivity contribution is 0.271. The molecule has 0 amide bonds. The SMILES string of the molecule is CN(C)Cc1ccc(S(=O)(=O)N2CCNCC2c2cccc(F)c2)cc1. The van der Waals surface area contributed by atoms with Crippen molar-refractivity contribution in [3.05, 3.63) is 65.5 Å². The molecule has 140 valence electrons. The van der Waals surface area contributed by atoms with E-state index < -0.39 is 16.1 Å². The van der Waals surface area contributed by atoms with Crippen molar-refractivity contribution in [3.8, 4) is 0 Å². The molecular formula is C19H24FN3O2S. The lowest BCUT2D eigenvalue weighted by atomic mass is 10.1. The molecule has 1 heterocycles. The maximum atomic E-state index is 13.6. The van der Waals surface area contributed by atoms with Crippen LogP contribution < -0.4 is 5.32 Å². The van der Waals surface area contributed by atoms with Crippen LogP contribution in [0.2, 0.25) is 0 Å². The highest BCUT2D eigenvalue weighted by Gasteiger charge is 2.34. The van der Waals surface area contributed by atoms with Crippen LogP contribution in [0.4, 0.5) is 4.39 Å². The second kappa shape index (κ2) is 7.84. The van der Waals surface area contributed by atoms with Crippen LogP contribution in [0.5, 0.6) is 0 Å². The van der Waals surface area contributed by atoms with Gasteiger partial charge in [-0.2, -0.15) is 4.31 Å². The maximum Gasteiger partial charge on any atom is 0.243 e. The molecule has 1 saturated heterocycles. The highest BCUT2D eigenvalue weighted by molar-refractivity contribution is 7.89. The Morgan fingerprint density at radius 3 is 2.58 bits per heavy atom. The fraction of sp³-hybridized carbons (Fsp3) is 0.368. The molecule has 2 aromatic carbocycles. The van der Waals surface area contributed by atoms with Crippen molar-refractivity contribution in [3.63, 3.8) is 0 Å². The van der Waals surface area contributed by atoms with Crippen molar-refractivity contribution in [1.29, 1.82) is 0 Å². The predicted octanol–water partition coefficient (Wildman–Crippen LogP) is 2.22. The Labute approximate surface area is 154 Å². The van der Waals surface area contributed by atoms with Gasteiger partial charge in [-0.25, -0.2) is 12.8 Å². The van der Waals surface area contributed by atoms with Gasteiger partial charge in [0.05, 0.1) is 10.9 Å². The van der Waals surface area contributed by atoms with Crippen molar-refractivity contribution in [1.82, 2.24) is 14.5 Å². The molecule has 1 atom stereocenters. The summed E-state index contributed by atoms with van der Waals surface area (Å²) in [5.41, 5.74) is 1.71. The molecule has 0 radical (unpaired) electrons. The van der Waals surface area contributed by atoms with Gasteiger partial charge in [-0.15, -0.1) is 0 Å². The third kappa shape index (κ3) is 4.12. The van der Waals surface area contributed by atoms with Crippen LogP contribution in [0, 0.1) is 5.82 Å². The summed E-state index contributed by atoms with van der Waals surface area (Å²) < 4.78 is 41.5.